The molecule has 0 aromatic heterocycles. The number of aryl methyl sites for hydroxylation is 2. The second kappa shape index (κ2) is 9.56. The van der Waals surface area contributed by atoms with Crippen LogP contribution in [-0.2, 0) is 17.8 Å². The third kappa shape index (κ3) is 5.34. The molecule has 0 aliphatic carbocycles. The van der Waals surface area contributed by atoms with Crippen LogP contribution in [0.4, 0.5) is 5.69 Å². The van der Waals surface area contributed by atoms with Gasteiger partial charge < -0.3 is 10.1 Å². The van der Waals surface area contributed by atoms with E-state index in [2.05, 4.69) is 12.2 Å². The third-order valence-corrected chi connectivity index (χ3v) is 4.54. The van der Waals surface area contributed by atoms with Crippen molar-refractivity contribution < 1.29 is 9.53 Å². The topological polar surface area (TPSA) is 38.3 Å². The molecule has 0 aliphatic heterocycles. The average Bonchev–Trinajstić information content (AvgIpc) is 2.73. The van der Waals surface area contributed by atoms with Crippen molar-refractivity contribution in [3.63, 3.8) is 0 Å². The molecule has 3 nitrogen and oxygen atoms in total. The van der Waals surface area contributed by atoms with Gasteiger partial charge in [0.25, 0.3) is 0 Å². The van der Waals surface area contributed by atoms with Crippen molar-refractivity contribution in [3.8, 4) is 5.75 Å². The molecule has 1 amide bonds. The molecule has 0 radical (unpaired) electrons. The molecule has 0 spiro atoms. The lowest BCUT2D eigenvalue weighted by Crippen LogP contribution is -2.11. The minimum atomic E-state index is -0.131. The van der Waals surface area contributed by atoms with Crippen molar-refractivity contribution >= 4 is 17.7 Å². The van der Waals surface area contributed by atoms with Gasteiger partial charge in [-0.2, -0.15) is 0 Å². The number of amides is 1. The summed E-state index contributed by atoms with van der Waals surface area (Å²) in [4.78, 5) is 12.3. The van der Waals surface area contributed by atoms with Crippen LogP contribution in [0.5, 0.6) is 5.75 Å². The minimum Gasteiger partial charge on any atom is -0.489 e. The van der Waals surface area contributed by atoms with Gasteiger partial charge in [-0.05, 0) is 53.8 Å². The van der Waals surface area contributed by atoms with Crippen LogP contribution >= 0.6 is 0 Å². The van der Waals surface area contributed by atoms with Crippen molar-refractivity contribution in [2.75, 3.05) is 5.32 Å². The van der Waals surface area contributed by atoms with Crippen molar-refractivity contribution in [1.82, 2.24) is 0 Å². The average molecular weight is 371 g/mol. The van der Waals surface area contributed by atoms with Crippen molar-refractivity contribution in [2.24, 2.45) is 0 Å². The van der Waals surface area contributed by atoms with Crippen LogP contribution in [0.15, 0.2) is 78.9 Å². The zero-order valence-corrected chi connectivity index (χ0v) is 16.3. The van der Waals surface area contributed by atoms with Gasteiger partial charge in [-0.25, -0.2) is 0 Å². The summed E-state index contributed by atoms with van der Waals surface area (Å²) < 4.78 is 5.79. The molecule has 0 saturated carbocycles. The van der Waals surface area contributed by atoms with Gasteiger partial charge in [0, 0.05) is 11.8 Å². The van der Waals surface area contributed by atoms with Crippen LogP contribution in [0.25, 0.3) is 6.08 Å². The molecule has 1 N–H and O–H groups in total. The van der Waals surface area contributed by atoms with E-state index in [1.54, 1.807) is 12.2 Å². The first-order chi connectivity index (χ1) is 13.7. The molecule has 28 heavy (non-hydrogen) atoms. The fraction of sp³-hybridized carbons (Fsp3) is 0.160. The molecule has 0 fully saturated rings. The molecule has 0 bridgehead atoms. The monoisotopic (exact) mass is 371 g/mol. The first kappa shape index (κ1) is 19.4. The summed E-state index contributed by atoms with van der Waals surface area (Å²) in [7, 11) is 0. The first-order valence-electron chi connectivity index (χ1n) is 9.50. The molecule has 0 atom stereocenters. The van der Waals surface area contributed by atoms with Crippen LogP contribution in [0.1, 0.15) is 29.2 Å². The molecule has 142 valence electrons. The molecule has 0 heterocycles. The van der Waals surface area contributed by atoms with Crippen molar-refractivity contribution in [3.05, 3.63) is 101 Å². The number of carbonyl (C=O) groups excluding carboxylic acids is 1. The zero-order chi connectivity index (χ0) is 19.8. The number of hydrogen-bond donors (Lipinski definition) is 1. The lowest BCUT2D eigenvalue weighted by Gasteiger charge is -2.11. The third-order valence-electron chi connectivity index (χ3n) is 4.54. The molecule has 3 aromatic carbocycles. The Hall–Kier alpha value is -3.33. The zero-order valence-electron chi connectivity index (χ0n) is 16.3. The summed E-state index contributed by atoms with van der Waals surface area (Å²) in [6, 6.07) is 23.8. The van der Waals surface area contributed by atoms with E-state index in [4.69, 9.17) is 4.74 Å². The molecule has 3 rings (SSSR count). The van der Waals surface area contributed by atoms with E-state index >= 15 is 0 Å². The van der Waals surface area contributed by atoms with Gasteiger partial charge in [-0.3, -0.25) is 4.79 Å². The molecular weight excluding hydrogens is 346 g/mol. The Morgan fingerprint density at radius 1 is 0.964 bits per heavy atom. The number of rotatable bonds is 7. The number of para-hydroxylation sites is 1. The fourth-order valence-electron chi connectivity index (χ4n) is 2.95. The Labute approximate surface area is 166 Å². The van der Waals surface area contributed by atoms with Gasteiger partial charge in [0.15, 0.2) is 0 Å². The smallest absolute Gasteiger partial charge is 0.248 e. The Morgan fingerprint density at radius 3 is 2.43 bits per heavy atom. The Morgan fingerprint density at radius 2 is 1.71 bits per heavy atom. The maximum absolute atomic E-state index is 12.3. The Bertz CT molecular complexity index is 944. The maximum atomic E-state index is 12.3. The van der Waals surface area contributed by atoms with Gasteiger partial charge in [0.1, 0.15) is 12.4 Å². The fourth-order valence-corrected chi connectivity index (χ4v) is 2.95. The van der Waals surface area contributed by atoms with E-state index in [0.29, 0.717) is 6.61 Å². The summed E-state index contributed by atoms with van der Waals surface area (Å²) in [5.74, 6) is 0.673. The summed E-state index contributed by atoms with van der Waals surface area (Å²) in [6.07, 6.45) is 4.25. The highest BCUT2D eigenvalue weighted by Gasteiger charge is 2.06. The SMILES string of the molecule is CCc1cccc(C)c1NC(=O)/C=C/c1ccc(OCc2ccccc2)cc1. The predicted octanol–water partition coefficient (Wildman–Crippen LogP) is 5.79. The van der Waals surface area contributed by atoms with Crippen LogP contribution in [0.2, 0.25) is 0 Å². The summed E-state index contributed by atoms with van der Waals surface area (Å²) >= 11 is 0. The van der Waals surface area contributed by atoms with Gasteiger partial charge in [-0.1, -0.05) is 67.6 Å². The highest BCUT2D eigenvalue weighted by molar-refractivity contribution is 6.02. The summed E-state index contributed by atoms with van der Waals surface area (Å²) in [6.45, 7) is 4.63. The number of carbonyl (C=O) groups is 1. The van der Waals surface area contributed by atoms with E-state index in [1.165, 1.54) is 0 Å². The minimum absolute atomic E-state index is 0.131. The van der Waals surface area contributed by atoms with E-state index in [0.717, 1.165) is 40.1 Å². The highest BCUT2D eigenvalue weighted by Crippen LogP contribution is 2.21. The van der Waals surface area contributed by atoms with Crippen molar-refractivity contribution in [1.29, 1.82) is 0 Å². The van der Waals surface area contributed by atoms with Gasteiger partial charge in [-0.15, -0.1) is 0 Å². The second-order valence-electron chi connectivity index (χ2n) is 6.63. The lowest BCUT2D eigenvalue weighted by atomic mass is 10.1. The van der Waals surface area contributed by atoms with Crippen LogP contribution < -0.4 is 10.1 Å². The summed E-state index contributed by atoms with van der Waals surface area (Å²) in [5, 5.41) is 3.00. The normalized spacial score (nSPS) is 10.8. The largest absolute Gasteiger partial charge is 0.489 e. The van der Waals surface area contributed by atoms with E-state index in [9.17, 15) is 4.79 Å². The van der Waals surface area contributed by atoms with Crippen LogP contribution in [-0.4, -0.2) is 5.91 Å². The number of ether oxygens (including phenoxy) is 1. The number of hydrogen-bond acceptors (Lipinski definition) is 2. The molecule has 3 aromatic rings. The van der Waals surface area contributed by atoms with Crippen LogP contribution in [0, 0.1) is 6.92 Å². The molecule has 0 aliphatic rings. The van der Waals surface area contributed by atoms with Crippen molar-refractivity contribution in [2.45, 2.75) is 26.9 Å². The second-order valence-corrected chi connectivity index (χ2v) is 6.63. The number of benzene rings is 3. The van der Waals surface area contributed by atoms with Gasteiger partial charge in [0.05, 0.1) is 0 Å². The Balaban J connectivity index is 1.57. The summed E-state index contributed by atoms with van der Waals surface area (Å²) in [5.41, 5.74) is 5.19. The van der Waals surface area contributed by atoms with Gasteiger partial charge in [0.2, 0.25) is 5.91 Å². The quantitative estimate of drug-likeness (QED) is 0.534. The van der Waals surface area contributed by atoms with Crippen LogP contribution in [0.3, 0.4) is 0 Å². The standard InChI is InChI=1S/C25H25NO2/c1-3-22-11-7-8-19(2)25(22)26-24(27)17-14-20-12-15-23(16-13-20)28-18-21-9-5-4-6-10-21/h4-17H,3,18H2,1-2H3,(H,26,27)/b17-14+. The predicted molar refractivity (Wildman–Crippen MR) is 115 cm³/mol. The lowest BCUT2D eigenvalue weighted by molar-refractivity contribution is -0.111. The van der Waals surface area contributed by atoms with E-state index in [1.807, 2.05) is 79.7 Å². The van der Waals surface area contributed by atoms with Gasteiger partial charge >= 0.3 is 0 Å². The number of nitrogens with one attached hydrogen (secondary N) is 1. The molecule has 3 heteroatoms. The molecule has 0 saturated heterocycles. The molecule has 0 unspecified atom stereocenters. The highest BCUT2D eigenvalue weighted by atomic mass is 16.5. The Kier molecular flexibility index (Phi) is 6.64. The van der Waals surface area contributed by atoms with E-state index in [-0.39, 0.29) is 5.91 Å². The number of anilines is 1. The van der Waals surface area contributed by atoms with E-state index < -0.39 is 0 Å². The first-order valence-corrected chi connectivity index (χ1v) is 9.50. The maximum Gasteiger partial charge on any atom is 0.248 e. The molecular formula is C25H25NO2.